The van der Waals surface area contributed by atoms with Gasteiger partial charge >= 0.3 is 0 Å². The van der Waals surface area contributed by atoms with Crippen molar-refractivity contribution in [2.45, 2.75) is 38.6 Å². The summed E-state index contributed by atoms with van der Waals surface area (Å²) in [7, 11) is 0. The van der Waals surface area contributed by atoms with Crippen LogP contribution in [0.5, 0.6) is 0 Å². The van der Waals surface area contributed by atoms with Crippen LogP contribution in [0, 0.1) is 11.7 Å². The highest BCUT2D eigenvalue weighted by molar-refractivity contribution is 7.14. The van der Waals surface area contributed by atoms with E-state index >= 15 is 0 Å². The molecule has 6 nitrogen and oxygen atoms in total. The zero-order valence-electron chi connectivity index (χ0n) is 14.8. The predicted molar refractivity (Wildman–Crippen MR) is 108 cm³/mol. The number of nitrogens with one attached hydrogen (secondary N) is 2. The van der Waals surface area contributed by atoms with Crippen molar-refractivity contribution in [3.05, 3.63) is 29.4 Å². The number of hydrogen-bond donors (Lipinski definition) is 3. The number of thiazole rings is 1. The lowest BCUT2D eigenvalue weighted by atomic mass is 9.86. The number of carbonyl (C=O) groups excluding carboxylic acids is 2. The Kier molecular flexibility index (Phi) is 7.29. The Hall–Kier alpha value is -2.03. The number of amides is 2. The van der Waals surface area contributed by atoms with E-state index in [1.54, 1.807) is 17.5 Å². The largest absolute Gasteiger partial charge is 0.328 e. The molecular weight excluding hydrogens is 391 g/mol. The van der Waals surface area contributed by atoms with Gasteiger partial charge in [-0.15, -0.1) is 23.7 Å². The van der Waals surface area contributed by atoms with Crippen molar-refractivity contribution in [1.82, 2.24) is 4.98 Å². The molecule has 2 unspecified atom stereocenters. The second-order valence-corrected chi connectivity index (χ2v) is 7.38. The quantitative estimate of drug-likeness (QED) is 0.711. The molecule has 0 saturated heterocycles. The fourth-order valence-electron chi connectivity index (χ4n) is 3.13. The molecule has 1 saturated carbocycles. The Bertz CT molecular complexity index is 829. The van der Waals surface area contributed by atoms with Gasteiger partial charge in [0.05, 0.1) is 5.69 Å². The van der Waals surface area contributed by atoms with Crippen LogP contribution in [0.25, 0.3) is 11.3 Å². The molecule has 3 rings (SSSR count). The van der Waals surface area contributed by atoms with E-state index in [4.69, 9.17) is 5.73 Å². The maximum absolute atomic E-state index is 14.3. The van der Waals surface area contributed by atoms with Gasteiger partial charge in [-0.25, -0.2) is 9.37 Å². The van der Waals surface area contributed by atoms with Gasteiger partial charge in [0.2, 0.25) is 11.8 Å². The van der Waals surface area contributed by atoms with Crippen LogP contribution in [0.4, 0.5) is 15.2 Å². The Balaban J connectivity index is 0.00000261. The van der Waals surface area contributed by atoms with Crippen LogP contribution in [0.2, 0.25) is 0 Å². The minimum absolute atomic E-state index is 0. The molecule has 0 spiro atoms. The highest BCUT2D eigenvalue weighted by atomic mass is 35.5. The Morgan fingerprint density at radius 3 is 2.74 bits per heavy atom. The van der Waals surface area contributed by atoms with Crippen LogP contribution in [-0.4, -0.2) is 22.8 Å². The molecule has 0 bridgehead atoms. The highest BCUT2D eigenvalue weighted by Crippen LogP contribution is 2.30. The number of nitrogens with zero attached hydrogens (tertiary/aromatic N) is 1. The normalized spacial score (nSPS) is 19.1. The maximum atomic E-state index is 14.3. The van der Waals surface area contributed by atoms with Gasteiger partial charge < -0.3 is 16.4 Å². The number of hydrogen-bond acceptors (Lipinski definition) is 5. The summed E-state index contributed by atoms with van der Waals surface area (Å²) in [6, 6.07) is 4.49. The third kappa shape index (κ3) is 5.47. The summed E-state index contributed by atoms with van der Waals surface area (Å²) in [6.07, 6.45) is 3.42. The molecule has 4 N–H and O–H groups in total. The van der Waals surface area contributed by atoms with Crippen LogP contribution in [0.3, 0.4) is 0 Å². The lowest BCUT2D eigenvalue weighted by Crippen LogP contribution is -2.34. The molecule has 2 aromatic rings. The van der Waals surface area contributed by atoms with Gasteiger partial charge in [-0.1, -0.05) is 6.42 Å². The molecular formula is C18H22ClFN4O2S. The van der Waals surface area contributed by atoms with E-state index < -0.39 is 5.82 Å². The summed E-state index contributed by atoms with van der Waals surface area (Å²) < 4.78 is 14.3. The molecule has 1 heterocycles. The highest BCUT2D eigenvalue weighted by Gasteiger charge is 2.26. The van der Waals surface area contributed by atoms with Crippen molar-refractivity contribution in [2.24, 2.45) is 11.7 Å². The van der Waals surface area contributed by atoms with Crippen molar-refractivity contribution in [1.29, 1.82) is 0 Å². The molecule has 1 aliphatic rings. The molecule has 1 fully saturated rings. The van der Waals surface area contributed by atoms with Crippen molar-refractivity contribution in [3.8, 4) is 11.3 Å². The zero-order valence-corrected chi connectivity index (χ0v) is 16.5. The summed E-state index contributed by atoms with van der Waals surface area (Å²) in [5, 5.41) is 7.48. The molecule has 9 heteroatoms. The molecule has 27 heavy (non-hydrogen) atoms. The standard InChI is InChI=1S/C18H21FN4O2S.ClH/c1-10(24)21-13-5-6-14(15(19)8-13)16-9-26-18(22-16)23-17(25)11-3-2-4-12(20)7-11;/h5-6,8-9,11-12H,2-4,7,20H2,1H3,(H,21,24)(H,22,23,25);1H. The third-order valence-electron chi connectivity index (χ3n) is 4.39. The van der Waals surface area contributed by atoms with E-state index in [0.29, 0.717) is 28.5 Å². The second kappa shape index (κ2) is 9.25. The van der Waals surface area contributed by atoms with Crippen LogP contribution < -0.4 is 16.4 Å². The van der Waals surface area contributed by atoms with E-state index in [1.807, 2.05) is 0 Å². The summed E-state index contributed by atoms with van der Waals surface area (Å²) in [4.78, 5) is 27.7. The monoisotopic (exact) mass is 412 g/mol. The second-order valence-electron chi connectivity index (χ2n) is 6.53. The van der Waals surface area contributed by atoms with Gasteiger partial charge in [0, 0.05) is 35.5 Å². The first-order valence-corrected chi connectivity index (χ1v) is 9.40. The lowest BCUT2D eigenvalue weighted by Gasteiger charge is -2.25. The average molecular weight is 413 g/mol. The number of rotatable bonds is 4. The van der Waals surface area contributed by atoms with Crippen LogP contribution >= 0.6 is 23.7 Å². The third-order valence-corrected chi connectivity index (χ3v) is 5.14. The molecule has 1 aromatic heterocycles. The number of anilines is 2. The van der Waals surface area contributed by atoms with E-state index in [2.05, 4.69) is 15.6 Å². The molecule has 146 valence electrons. The first-order chi connectivity index (χ1) is 12.4. The average Bonchev–Trinajstić information content (AvgIpc) is 3.02. The van der Waals surface area contributed by atoms with Gasteiger partial charge in [-0.3, -0.25) is 9.59 Å². The fourth-order valence-corrected chi connectivity index (χ4v) is 3.85. The molecule has 2 amide bonds. The van der Waals surface area contributed by atoms with E-state index in [9.17, 15) is 14.0 Å². The van der Waals surface area contributed by atoms with Gasteiger partial charge in [-0.2, -0.15) is 0 Å². The Labute approximate surface area is 167 Å². The number of benzene rings is 1. The Morgan fingerprint density at radius 2 is 2.07 bits per heavy atom. The number of nitrogens with two attached hydrogens (primary N) is 1. The number of carbonyl (C=O) groups is 2. The molecule has 1 aliphatic carbocycles. The predicted octanol–water partition coefficient (Wildman–Crippen LogP) is 3.79. The minimum Gasteiger partial charge on any atom is -0.328 e. The smallest absolute Gasteiger partial charge is 0.229 e. The van der Waals surface area contributed by atoms with Gasteiger partial charge in [0.15, 0.2) is 5.13 Å². The SMILES string of the molecule is CC(=O)Nc1ccc(-c2csc(NC(=O)C3CCCC(N)C3)n2)c(F)c1.Cl. The molecule has 0 radical (unpaired) electrons. The Morgan fingerprint density at radius 1 is 1.30 bits per heavy atom. The van der Waals surface area contributed by atoms with Crippen LogP contribution in [-0.2, 0) is 9.59 Å². The van der Waals surface area contributed by atoms with Gasteiger partial charge in [-0.05, 0) is 37.5 Å². The summed E-state index contributed by atoms with van der Waals surface area (Å²) in [5.74, 6) is -0.932. The molecule has 0 aliphatic heterocycles. The molecule has 1 aromatic carbocycles. The van der Waals surface area contributed by atoms with Crippen molar-refractivity contribution in [2.75, 3.05) is 10.6 Å². The first-order valence-electron chi connectivity index (χ1n) is 8.52. The van der Waals surface area contributed by atoms with Gasteiger partial charge in [0.25, 0.3) is 0 Å². The lowest BCUT2D eigenvalue weighted by molar-refractivity contribution is -0.121. The summed E-state index contributed by atoms with van der Waals surface area (Å²) in [5.41, 5.74) is 7.08. The number of halogens is 2. The summed E-state index contributed by atoms with van der Waals surface area (Å²) >= 11 is 1.25. The number of aromatic nitrogens is 1. The van der Waals surface area contributed by atoms with Crippen LogP contribution in [0.1, 0.15) is 32.6 Å². The van der Waals surface area contributed by atoms with Crippen molar-refractivity contribution < 1.29 is 14.0 Å². The first kappa shape index (κ1) is 21.3. The van der Waals surface area contributed by atoms with E-state index in [0.717, 1.165) is 19.3 Å². The van der Waals surface area contributed by atoms with Crippen molar-refractivity contribution in [3.63, 3.8) is 0 Å². The maximum Gasteiger partial charge on any atom is 0.229 e. The van der Waals surface area contributed by atoms with E-state index in [-0.39, 0.29) is 36.2 Å². The van der Waals surface area contributed by atoms with Gasteiger partial charge in [0.1, 0.15) is 5.82 Å². The van der Waals surface area contributed by atoms with Crippen LogP contribution in [0.15, 0.2) is 23.6 Å². The topological polar surface area (TPSA) is 97.1 Å². The van der Waals surface area contributed by atoms with E-state index in [1.165, 1.54) is 24.3 Å². The fraction of sp³-hybridized carbons (Fsp3) is 0.389. The summed E-state index contributed by atoms with van der Waals surface area (Å²) in [6.45, 7) is 1.36. The zero-order chi connectivity index (χ0) is 18.7. The van der Waals surface area contributed by atoms with Crippen molar-refractivity contribution >= 4 is 46.4 Å². The molecule has 2 atom stereocenters. The minimum atomic E-state index is -0.488.